The van der Waals surface area contributed by atoms with E-state index in [0.29, 0.717) is 13.0 Å². The third-order valence-electron chi connectivity index (χ3n) is 3.50. The Morgan fingerprint density at radius 2 is 2.15 bits per heavy atom. The zero-order valence-electron chi connectivity index (χ0n) is 7.79. The van der Waals surface area contributed by atoms with E-state index in [-0.39, 0.29) is 6.10 Å². The maximum Gasteiger partial charge on any atom is 0.312 e. The van der Waals surface area contributed by atoms with E-state index in [1.165, 1.54) is 0 Å². The van der Waals surface area contributed by atoms with Gasteiger partial charge in [-0.05, 0) is 19.3 Å². The summed E-state index contributed by atoms with van der Waals surface area (Å²) in [6.45, 7) is 0.636. The molecule has 3 nitrogen and oxygen atoms in total. The van der Waals surface area contributed by atoms with Crippen molar-refractivity contribution in [3.05, 3.63) is 0 Å². The van der Waals surface area contributed by atoms with Crippen molar-refractivity contribution >= 4 is 5.97 Å². The van der Waals surface area contributed by atoms with Crippen LogP contribution in [0.25, 0.3) is 0 Å². The molecule has 0 bridgehead atoms. The minimum Gasteiger partial charge on any atom is -0.481 e. The predicted octanol–water partition coefficient (Wildman–Crippen LogP) is 1.81. The number of hydrogen-bond donors (Lipinski definition) is 1. The Kier molecular flexibility index (Phi) is 2.28. The van der Waals surface area contributed by atoms with Gasteiger partial charge in [0, 0.05) is 6.61 Å². The van der Waals surface area contributed by atoms with Gasteiger partial charge >= 0.3 is 5.97 Å². The van der Waals surface area contributed by atoms with Gasteiger partial charge in [-0.1, -0.05) is 19.3 Å². The van der Waals surface area contributed by atoms with Crippen LogP contribution in [0.5, 0.6) is 0 Å². The van der Waals surface area contributed by atoms with Gasteiger partial charge in [0.1, 0.15) is 0 Å². The summed E-state index contributed by atoms with van der Waals surface area (Å²) in [4.78, 5) is 11.2. The zero-order valence-corrected chi connectivity index (χ0v) is 7.79. The first-order chi connectivity index (χ1) is 6.26. The highest BCUT2D eigenvalue weighted by molar-refractivity contribution is 5.75. The lowest BCUT2D eigenvalue weighted by molar-refractivity contribution is -0.152. The molecule has 1 aliphatic carbocycles. The minimum atomic E-state index is -0.642. The topological polar surface area (TPSA) is 46.5 Å². The molecule has 2 aliphatic rings. The standard InChI is InChI=1S/C10H16O3/c11-9(12)10-5-3-1-2-4-8(10)13-7-6-10/h8H,1-7H2,(H,11,12)/t8-,10-/m1/s1. The smallest absolute Gasteiger partial charge is 0.312 e. The zero-order chi connectivity index (χ0) is 9.31. The molecule has 2 atom stereocenters. The van der Waals surface area contributed by atoms with Crippen LogP contribution in [0.15, 0.2) is 0 Å². The number of rotatable bonds is 1. The van der Waals surface area contributed by atoms with E-state index in [9.17, 15) is 9.90 Å². The molecule has 2 rings (SSSR count). The fourth-order valence-electron chi connectivity index (χ4n) is 2.65. The summed E-state index contributed by atoms with van der Waals surface area (Å²) in [5.41, 5.74) is -0.531. The molecule has 0 aromatic heterocycles. The molecule has 0 spiro atoms. The molecule has 0 radical (unpaired) electrons. The third-order valence-corrected chi connectivity index (χ3v) is 3.50. The normalized spacial score (nSPS) is 39.5. The third kappa shape index (κ3) is 1.35. The van der Waals surface area contributed by atoms with E-state index in [4.69, 9.17) is 4.74 Å². The largest absolute Gasteiger partial charge is 0.481 e. The highest BCUT2D eigenvalue weighted by Crippen LogP contribution is 2.44. The number of aliphatic carboxylic acids is 1. The molecule has 13 heavy (non-hydrogen) atoms. The molecule has 1 aliphatic heterocycles. The maximum atomic E-state index is 11.2. The highest BCUT2D eigenvalue weighted by atomic mass is 16.5. The van der Waals surface area contributed by atoms with Crippen molar-refractivity contribution in [1.82, 2.24) is 0 Å². The molecule has 0 unspecified atom stereocenters. The van der Waals surface area contributed by atoms with Crippen LogP contribution in [0.4, 0.5) is 0 Å². The average Bonchev–Trinajstić information content (AvgIpc) is 2.40. The first-order valence-corrected chi connectivity index (χ1v) is 5.11. The maximum absolute atomic E-state index is 11.2. The molecule has 1 N–H and O–H groups in total. The fourth-order valence-corrected chi connectivity index (χ4v) is 2.65. The van der Waals surface area contributed by atoms with Gasteiger partial charge in [-0.25, -0.2) is 0 Å². The van der Waals surface area contributed by atoms with Gasteiger partial charge < -0.3 is 9.84 Å². The molecule has 2 fully saturated rings. The molecule has 1 heterocycles. The second kappa shape index (κ2) is 3.29. The average molecular weight is 184 g/mol. The molecular weight excluding hydrogens is 168 g/mol. The molecule has 0 aromatic carbocycles. The summed E-state index contributed by atoms with van der Waals surface area (Å²) in [5.74, 6) is -0.642. The Labute approximate surface area is 78.1 Å². The lowest BCUT2D eigenvalue weighted by atomic mass is 9.77. The van der Waals surface area contributed by atoms with Crippen molar-refractivity contribution in [3.8, 4) is 0 Å². The Morgan fingerprint density at radius 1 is 1.31 bits per heavy atom. The van der Waals surface area contributed by atoms with E-state index in [0.717, 1.165) is 32.1 Å². The van der Waals surface area contributed by atoms with Crippen molar-refractivity contribution < 1.29 is 14.6 Å². The lowest BCUT2D eigenvalue weighted by Crippen LogP contribution is -2.38. The first kappa shape index (κ1) is 9.00. The van der Waals surface area contributed by atoms with E-state index >= 15 is 0 Å². The van der Waals surface area contributed by atoms with E-state index in [1.807, 2.05) is 0 Å². The van der Waals surface area contributed by atoms with Crippen molar-refractivity contribution in [2.45, 2.75) is 44.6 Å². The fraction of sp³-hybridized carbons (Fsp3) is 0.900. The van der Waals surface area contributed by atoms with Gasteiger partial charge in [-0.3, -0.25) is 4.79 Å². The number of carboxylic acid groups (broad SMARTS) is 1. The van der Waals surface area contributed by atoms with Crippen LogP contribution in [-0.4, -0.2) is 23.8 Å². The van der Waals surface area contributed by atoms with Crippen LogP contribution in [0, 0.1) is 5.41 Å². The molecule has 1 saturated carbocycles. The first-order valence-electron chi connectivity index (χ1n) is 5.11. The number of carbonyl (C=O) groups is 1. The SMILES string of the molecule is O=C(O)[C@@]12CCCCC[C@H]1OCC2. The monoisotopic (exact) mass is 184 g/mol. The van der Waals surface area contributed by atoms with Crippen LogP contribution >= 0.6 is 0 Å². The molecule has 74 valence electrons. The van der Waals surface area contributed by atoms with Gasteiger partial charge in [-0.15, -0.1) is 0 Å². The second-order valence-corrected chi connectivity index (χ2v) is 4.17. The van der Waals surface area contributed by atoms with Crippen LogP contribution in [0.1, 0.15) is 38.5 Å². The van der Waals surface area contributed by atoms with E-state index < -0.39 is 11.4 Å². The van der Waals surface area contributed by atoms with Gasteiger partial charge in [0.25, 0.3) is 0 Å². The number of hydrogen-bond acceptors (Lipinski definition) is 2. The summed E-state index contributed by atoms with van der Waals surface area (Å²) in [6, 6.07) is 0. The van der Waals surface area contributed by atoms with Crippen molar-refractivity contribution in [1.29, 1.82) is 0 Å². The molecule has 3 heteroatoms. The molecule has 1 saturated heterocycles. The highest BCUT2D eigenvalue weighted by Gasteiger charge is 2.50. The summed E-state index contributed by atoms with van der Waals surface area (Å²) in [5, 5.41) is 9.24. The number of carboxylic acids is 1. The van der Waals surface area contributed by atoms with Crippen molar-refractivity contribution in [3.63, 3.8) is 0 Å². The number of ether oxygens (including phenoxy) is 1. The Balaban J connectivity index is 2.22. The van der Waals surface area contributed by atoms with E-state index in [2.05, 4.69) is 0 Å². The number of fused-ring (bicyclic) bond motifs is 1. The summed E-state index contributed by atoms with van der Waals surface area (Å²) in [6.07, 6.45) is 5.79. The second-order valence-electron chi connectivity index (χ2n) is 4.17. The van der Waals surface area contributed by atoms with Crippen molar-refractivity contribution in [2.24, 2.45) is 5.41 Å². The summed E-state index contributed by atoms with van der Waals surface area (Å²) in [7, 11) is 0. The molecule has 0 aromatic rings. The minimum absolute atomic E-state index is 0.00694. The van der Waals surface area contributed by atoms with Gasteiger partial charge in [-0.2, -0.15) is 0 Å². The lowest BCUT2D eigenvalue weighted by Gasteiger charge is -2.27. The molecule has 0 amide bonds. The van der Waals surface area contributed by atoms with Gasteiger partial charge in [0.15, 0.2) is 0 Å². The summed E-state index contributed by atoms with van der Waals surface area (Å²) >= 11 is 0. The van der Waals surface area contributed by atoms with Gasteiger partial charge in [0.2, 0.25) is 0 Å². The van der Waals surface area contributed by atoms with Crippen LogP contribution in [0.3, 0.4) is 0 Å². The molecular formula is C10H16O3. The Hall–Kier alpha value is -0.570. The van der Waals surface area contributed by atoms with E-state index in [1.54, 1.807) is 0 Å². The quantitative estimate of drug-likeness (QED) is 0.676. The Bertz CT molecular complexity index is 214. The van der Waals surface area contributed by atoms with Crippen LogP contribution in [0.2, 0.25) is 0 Å². The summed E-state index contributed by atoms with van der Waals surface area (Å²) < 4.78 is 5.52. The van der Waals surface area contributed by atoms with Crippen LogP contribution < -0.4 is 0 Å². The van der Waals surface area contributed by atoms with Gasteiger partial charge in [0.05, 0.1) is 11.5 Å². The van der Waals surface area contributed by atoms with Crippen LogP contribution in [-0.2, 0) is 9.53 Å². The van der Waals surface area contributed by atoms with Crippen molar-refractivity contribution in [2.75, 3.05) is 6.61 Å². The predicted molar refractivity (Wildman–Crippen MR) is 47.5 cm³/mol. The Morgan fingerprint density at radius 3 is 2.92 bits per heavy atom.